The first-order valence-electron chi connectivity index (χ1n) is 21.6. The number of rotatable bonds is 40. The summed E-state index contributed by atoms with van der Waals surface area (Å²) in [4.78, 5) is 0. The lowest BCUT2D eigenvalue weighted by Gasteiger charge is -2.50. The van der Waals surface area contributed by atoms with Crippen molar-refractivity contribution >= 4 is 0 Å². The Morgan fingerprint density at radius 3 is 0.727 bits per heavy atom. The van der Waals surface area contributed by atoms with Crippen LogP contribution in [0.2, 0.25) is 0 Å². The molecule has 14 N–H and O–H groups in total. The number of hydrogen-bond donors (Lipinski definition) is 14. The van der Waals surface area contributed by atoms with Crippen LogP contribution in [-0.4, -0.2) is 120 Å². The van der Waals surface area contributed by atoms with E-state index in [0.29, 0.717) is 167 Å². The average molecular weight is 801 g/mol. The quantitative estimate of drug-likeness (QED) is 0.0310. The Hall–Kier alpha value is -0.560. The van der Waals surface area contributed by atoms with Crippen molar-refractivity contribution in [3.8, 4) is 0 Å². The minimum Gasteiger partial charge on any atom is -0.390 e. The third-order valence-electron chi connectivity index (χ3n) is 11.6. The molecular formula is C41H84O14. The molecule has 14 heteroatoms. The Morgan fingerprint density at radius 1 is 0.236 bits per heavy atom. The normalized spacial score (nSPS) is 13.3. The topological polar surface area (TPSA) is 283 Å². The van der Waals surface area contributed by atoms with Gasteiger partial charge in [-0.1, -0.05) is 77.0 Å². The van der Waals surface area contributed by atoms with Crippen molar-refractivity contribution in [2.45, 2.75) is 254 Å². The molecule has 0 aromatic rings. The number of aliphatic hydroxyl groups excluding tert-OH is 6. The lowest BCUT2D eigenvalue weighted by Crippen LogP contribution is -2.50. The summed E-state index contributed by atoms with van der Waals surface area (Å²) < 4.78 is 0. The van der Waals surface area contributed by atoms with Gasteiger partial charge in [0, 0.05) is 0 Å². The molecule has 0 aliphatic carbocycles. The van der Waals surface area contributed by atoms with Gasteiger partial charge < -0.3 is 71.5 Å². The highest BCUT2D eigenvalue weighted by atomic mass is 16.5. The molecule has 332 valence electrons. The van der Waals surface area contributed by atoms with Crippen molar-refractivity contribution in [1.29, 1.82) is 0 Å². The average Bonchev–Trinajstić information content (AvgIpc) is 3.08. The van der Waals surface area contributed by atoms with Crippen LogP contribution in [0, 0.1) is 5.41 Å². The van der Waals surface area contributed by atoms with E-state index in [1.807, 2.05) is 0 Å². The standard InChI is InChI=1S/C41H84O14/c42-33(43)19-7-1-13-25-39(26-14-2-8-20-34(44)45,41(55,29-17-5-11-23-37(50)51)30-18-6-12-24-38(52)53)31-32-40(54,27-15-3-9-21-35(46)47)28-16-4-10-22-36(48)49/h33-38,42-55H,1-32H2. The molecule has 0 aromatic carbocycles. The molecule has 0 saturated carbocycles. The molecular weight excluding hydrogens is 716 g/mol. The molecule has 0 saturated heterocycles. The van der Waals surface area contributed by atoms with Gasteiger partial charge >= 0.3 is 0 Å². The van der Waals surface area contributed by atoms with Gasteiger partial charge in [0.15, 0.2) is 37.7 Å². The van der Waals surface area contributed by atoms with Gasteiger partial charge in [0.05, 0.1) is 11.2 Å². The maximum absolute atomic E-state index is 13.1. The Morgan fingerprint density at radius 2 is 0.473 bits per heavy atom. The smallest absolute Gasteiger partial charge is 0.151 e. The fraction of sp³-hybridized carbons (Fsp3) is 1.00. The fourth-order valence-corrected chi connectivity index (χ4v) is 8.27. The largest absolute Gasteiger partial charge is 0.390 e. The van der Waals surface area contributed by atoms with E-state index in [4.69, 9.17) is 0 Å². The van der Waals surface area contributed by atoms with E-state index in [9.17, 15) is 71.5 Å². The highest BCUT2D eigenvalue weighted by Gasteiger charge is 2.49. The van der Waals surface area contributed by atoms with Crippen molar-refractivity contribution in [1.82, 2.24) is 0 Å². The van der Waals surface area contributed by atoms with Gasteiger partial charge in [0.1, 0.15) is 0 Å². The van der Waals surface area contributed by atoms with Gasteiger partial charge in [0.25, 0.3) is 0 Å². The van der Waals surface area contributed by atoms with Crippen molar-refractivity contribution in [3.05, 3.63) is 0 Å². The predicted molar refractivity (Wildman–Crippen MR) is 209 cm³/mol. The van der Waals surface area contributed by atoms with E-state index in [1.165, 1.54) is 0 Å². The van der Waals surface area contributed by atoms with Crippen molar-refractivity contribution in [2.75, 3.05) is 0 Å². The third kappa shape index (κ3) is 29.3. The Bertz CT molecular complexity index is 801. The van der Waals surface area contributed by atoms with Crippen molar-refractivity contribution < 1.29 is 71.5 Å². The summed E-state index contributed by atoms with van der Waals surface area (Å²) in [7, 11) is 0. The van der Waals surface area contributed by atoms with Crippen molar-refractivity contribution in [3.63, 3.8) is 0 Å². The molecule has 0 aliphatic rings. The Kier molecular flexibility index (Phi) is 32.0. The maximum atomic E-state index is 13.1. The molecule has 0 spiro atoms. The fourth-order valence-electron chi connectivity index (χ4n) is 8.27. The van der Waals surface area contributed by atoms with Gasteiger partial charge in [-0.3, -0.25) is 0 Å². The van der Waals surface area contributed by atoms with E-state index in [0.717, 1.165) is 0 Å². The minimum absolute atomic E-state index is 0.224. The van der Waals surface area contributed by atoms with Crippen LogP contribution in [0.5, 0.6) is 0 Å². The van der Waals surface area contributed by atoms with Gasteiger partial charge in [-0.25, -0.2) is 0 Å². The second-order valence-electron chi connectivity index (χ2n) is 16.5. The molecule has 0 radical (unpaired) electrons. The lowest BCUT2D eigenvalue weighted by atomic mass is 9.59. The Balaban J connectivity index is 6.71. The second kappa shape index (κ2) is 32.3. The zero-order chi connectivity index (χ0) is 41.6. The SMILES string of the molecule is OC(O)CCCCCC(O)(CCCCCC(O)O)CCC(CCCCCC(O)O)(CCCCCC(O)O)C(O)(CCCCCC(O)O)CCCCCC(O)O. The van der Waals surface area contributed by atoms with Crippen LogP contribution in [0.25, 0.3) is 0 Å². The van der Waals surface area contributed by atoms with Gasteiger partial charge in [-0.05, 0) is 134 Å². The van der Waals surface area contributed by atoms with Crippen molar-refractivity contribution in [2.24, 2.45) is 5.41 Å². The summed E-state index contributed by atoms with van der Waals surface area (Å²) in [6, 6.07) is 0. The number of aliphatic hydroxyl groups is 14. The van der Waals surface area contributed by atoms with Crippen LogP contribution in [0.4, 0.5) is 0 Å². The summed E-state index contributed by atoms with van der Waals surface area (Å²) in [5.74, 6) is 0. The summed E-state index contributed by atoms with van der Waals surface area (Å²) in [6.07, 6.45) is 8.54. The van der Waals surface area contributed by atoms with E-state index >= 15 is 0 Å². The Labute approximate surface area is 330 Å². The molecule has 0 aromatic heterocycles. The highest BCUT2D eigenvalue weighted by Crippen LogP contribution is 2.52. The molecule has 0 aliphatic heterocycles. The minimum atomic E-state index is -1.41. The predicted octanol–water partition coefficient (Wildman–Crippen LogP) is 3.78. The molecule has 0 heterocycles. The molecule has 0 unspecified atom stereocenters. The van der Waals surface area contributed by atoms with Gasteiger partial charge in [-0.2, -0.15) is 0 Å². The summed E-state index contributed by atoms with van der Waals surface area (Å²) in [5, 5.41) is 138. The van der Waals surface area contributed by atoms with E-state index in [2.05, 4.69) is 0 Å². The zero-order valence-corrected chi connectivity index (χ0v) is 33.9. The third-order valence-corrected chi connectivity index (χ3v) is 11.6. The number of hydrogen-bond acceptors (Lipinski definition) is 14. The molecule has 0 amide bonds. The molecule has 0 fully saturated rings. The second-order valence-corrected chi connectivity index (χ2v) is 16.5. The molecule has 14 nitrogen and oxygen atoms in total. The van der Waals surface area contributed by atoms with E-state index < -0.39 is 54.4 Å². The molecule has 0 atom stereocenters. The first-order valence-corrected chi connectivity index (χ1v) is 21.6. The first kappa shape index (κ1) is 54.4. The van der Waals surface area contributed by atoms with Crippen LogP contribution in [0.15, 0.2) is 0 Å². The van der Waals surface area contributed by atoms with E-state index in [1.54, 1.807) is 0 Å². The van der Waals surface area contributed by atoms with Crippen LogP contribution >= 0.6 is 0 Å². The van der Waals surface area contributed by atoms with Gasteiger partial charge in [-0.15, -0.1) is 0 Å². The van der Waals surface area contributed by atoms with Crippen LogP contribution in [-0.2, 0) is 0 Å². The lowest BCUT2D eigenvalue weighted by molar-refractivity contribution is -0.127. The first-order chi connectivity index (χ1) is 26.0. The molecule has 55 heavy (non-hydrogen) atoms. The summed E-state index contributed by atoms with van der Waals surface area (Å²) >= 11 is 0. The summed E-state index contributed by atoms with van der Waals surface area (Å²) in [5.41, 5.74) is -2.99. The maximum Gasteiger partial charge on any atom is 0.151 e. The molecule has 0 rings (SSSR count). The summed E-state index contributed by atoms with van der Waals surface area (Å²) in [6.45, 7) is 0. The van der Waals surface area contributed by atoms with Crippen LogP contribution < -0.4 is 0 Å². The molecule has 0 bridgehead atoms. The van der Waals surface area contributed by atoms with Gasteiger partial charge in [0.2, 0.25) is 0 Å². The monoisotopic (exact) mass is 801 g/mol. The number of unbranched alkanes of at least 4 members (excludes halogenated alkanes) is 12. The van der Waals surface area contributed by atoms with Crippen LogP contribution in [0.1, 0.15) is 205 Å². The van der Waals surface area contributed by atoms with Crippen LogP contribution in [0.3, 0.4) is 0 Å². The highest BCUT2D eigenvalue weighted by molar-refractivity contribution is 5.00. The van der Waals surface area contributed by atoms with E-state index in [-0.39, 0.29) is 38.5 Å². The zero-order valence-electron chi connectivity index (χ0n) is 33.9.